The number of amides is 4. The molecule has 5 aromatic carbocycles. The predicted octanol–water partition coefficient (Wildman–Crippen LogP) is 8.63. The van der Waals surface area contributed by atoms with Crippen molar-refractivity contribution < 1.29 is 38.3 Å². The number of para-hydroxylation sites is 4. The molecule has 7 rings (SSSR count). The summed E-state index contributed by atoms with van der Waals surface area (Å²) in [7, 11) is 0. The van der Waals surface area contributed by atoms with Gasteiger partial charge in [0.05, 0.1) is 40.8 Å². The Balaban J connectivity index is 0.000000194. The third-order valence-electron chi connectivity index (χ3n) is 8.91. The zero-order valence-corrected chi connectivity index (χ0v) is 31.1. The van der Waals surface area contributed by atoms with E-state index in [1.807, 2.05) is 104 Å². The SMILES string of the molecule is CCCCOC(=O)ON=C1Cc2ccccc2N(C(N)=O)c2ccccc21.NC(=O)N1c2ccccc2CC(=NOC(=O)OCc2ccccc2)c2ccccc21. The van der Waals surface area contributed by atoms with E-state index < -0.39 is 24.4 Å². The van der Waals surface area contributed by atoms with Crippen molar-refractivity contribution in [2.24, 2.45) is 21.8 Å². The molecule has 57 heavy (non-hydrogen) atoms. The molecule has 0 saturated carbocycles. The van der Waals surface area contributed by atoms with Crippen LogP contribution in [0.3, 0.4) is 0 Å². The van der Waals surface area contributed by atoms with Crippen molar-refractivity contribution in [3.05, 3.63) is 155 Å². The number of primary amides is 2. The van der Waals surface area contributed by atoms with Gasteiger partial charge in [0.25, 0.3) is 0 Å². The Labute approximate surface area is 328 Å². The van der Waals surface area contributed by atoms with E-state index in [2.05, 4.69) is 10.3 Å². The number of benzene rings is 5. The summed E-state index contributed by atoms with van der Waals surface area (Å²) < 4.78 is 10.1. The molecule has 2 aliphatic heterocycles. The summed E-state index contributed by atoms with van der Waals surface area (Å²) in [6.45, 7) is 2.37. The van der Waals surface area contributed by atoms with Crippen LogP contribution in [-0.4, -0.2) is 42.4 Å². The minimum atomic E-state index is -0.909. The van der Waals surface area contributed by atoms with Crippen LogP contribution in [0, 0.1) is 0 Å². The lowest BCUT2D eigenvalue weighted by Gasteiger charge is -2.22. The number of unbranched alkanes of at least 4 members (excludes halogenated alkanes) is 1. The van der Waals surface area contributed by atoms with E-state index in [1.165, 1.54) is 9.80 Å². The van der Waals surface area contributed by atoms with Crippen molar-refractivity contribution in [1.82, 2.24) is 0 Å². The maximum Gasteiger partial charge on any atom is 0.535 e. The summed E-state index contributed by atoms with van der Waals surface area (Å²) in [6.07, 6.45) is 0.637. The van der Waals surface area contributed by atoms with Crippen molar-refractivity contribution in [2.45, 2.75) is 39.2 Å². The van der Waals surface area contributed by atoms with Gasteiger partial charge in [-0.15, -0.1) is 0 Å². The molecule has 5 aromatic rings. The number of rotatable bonds is 7. The third kappa shape index (κ3) is 9.61. The van der Waals surface area contributed by atoms with Gasteiger partial charge in [-0.2, -0.15) is 0 Å². The Morgan fingerprint density at radius 1 is 0.561 bits per heavy atom. The second kappa shape index (κ2) is 18.7. The second-order valence-corrected chi connectivity index (χ2v) is 12.7. The van der Waals surface area contributed by atoms with Crippen LogP contribution < -0.4 is 21.3 Å². The topological polar surface area (TPSA) is 188 Å². The highest BCUT2D eigenvalue weighted by molar-refractivity contribution is 6.15. The lowest BCUT2D eigenvalue weighted by molar-refractivity contribution is 0.0517. The summed E-state index contributed by atoms with van der Waals surface area (Å²) in [5.74, 6) is 0. The van der Waals surface area contributed by atoms with Gasteiger partial charge in [0.1, 0.15) is 6.61 Å². The van der Waals surface area contributed by atoms with Crippen LogP contribution in [0.25, 0.3) is 0 Å². The molecule has 0 radical (unpaired) electrons. The number of anilines is 4. The first-order valence-electron chi connectivity index (χ1n) is 18.1. The van der Waals surface area contributed by atoms with Crippen LogP contribution in [0.4, 0.5) is 41.9 Å². The maximum absolute atomic E-state index is 12.2. The standard InChI is InChI=1S/C23H19N3O4.C20H21N3O4/c24-22(27)26-20-12-6-4-10-17(20)14-19(18-11-5-7-13-21(18)26)25-30-23(28)29-15-16-8-2-1-3-9-16;1-2-3-12-26-20(25)27-22-16-13-14-8-4-6-10-17(14)23(19(21)24)18-11-7-5-9-15(16)18/h1-13H,14-15H2,(H2,24,27);4-11H,2-3,12-13H2,1H3,(H2,21,24). The normalized spacial score (nSPS) is 13.9. The van der Waals surface area contributed by atoms with Crippen LogP contribution in [0.2, 0.25) is 0 Å². The third-order valence-corrected chi connectivity index (χ3v) is 8.91. The predicted molar refractivity (Wildman–Crippen MR) is 215 cm³/mol. The molecule has 4 amide bonds. The van der Waals surface area contributed by atoms with Gasteiger partial charge in [-0.25, -0.2) is 19.2 Å². The molecular formula is C43H40N6O8. The molecule has 0 aromatic heterocycles. The summed E-state index contributed by atoms with van der Waals surface area (Å²) in [4.78, 5) is 61.0. The maximum atomic E-state index is 12.2. The van der Waals surface area contributed by atoms with Crippen LogP contribution in [0.15, 0.2) is 138 Å². The van der Waals surface area contributed by atoms with Crippen molar-refractivity contribution in [3.63, 3.8) is 0 Å². The number of urea groups is 2. The van der Waals surface area contributed by atoms with Gasteiger partial charge < -0.3 is 20.9 Å². The molecule has 0 aliphatic carbocycles. The number of nitrogens with two attached hydrogens (primary N) is 2. The lowest BCUT2D eigenvalue weighted by Crippen LogP contribution is -2.32. The first-order valence-corrected chi connectivity index (χ1v) is 18.1. The van der Waals surface area contributed by atoms with Crippen LogP contribution in [-0.2, 0) is 38.6 Å². The van der Waals surface area contributed by atoms with E-state index in [4.69, 9.17) is 30.6 Å². The van der Waals surface area contributed by atoms with Gasteiger partial charge >= 0.3 is 24.4 Å². The van der Waals surface area contributed by atoms with Gasteiger partial charge in [-0.1, -0.05) is 127 Å². The average molecular weight is 769 g/mol. The largest absolute Gasteiger partial charge is 0.535 e. The first kappa shape index (κ1) is 39.2. The Hall–Kier alpha value is -7.48. The molecule has 0 spiro atoms. The minimum absolute atomic E-state index is 0.0827. The fourth-order valence-electron chi connectivity index (χ4n) is 6.28. The highest BCUT2D eigenvalue weighted by atomic mass is 16.8. The van der Waals surface area contributed by atoms with Gasteiger partial charge in [-0.05, 0) is 47.4 Å². The average Bonchev–Trinajstić information content (AvgIpc) is 3.46. The summed E-state index contributed by atoms with van der Waals surface area (Å²) in [5, 5.41) is 8.07. The monoisotopic (exact) mass is 768 g/mol. The molecule has 290 valence electrons. The summed E-state index contributed by atoms with van der Waals surface area (Å²) in [6, 6.07) is 37.2. The van der Waals surface area contributed by atoms with Gasteiger partial charge in [0.2, 0.25) is 0 Å². The van der Waals surface area contributed by atoms with E-state index in [9.17, 15) is 19.2 Å². The smallest absolute Gasteiger partial charge is 0.433 e. The van der Waals surface area contributed by atoms with Gasteiger partial charge in [0.15, 0.2) is 0 Å². The number of fused-ring (bicyclic) bond motifs is 4. The molecular weight excluding hydrogens is 729 g/mol. The number of oxime groups is 2. The first-order chi connectivity index (χ1) is 27.7. The Kier molecular flexibility index (Phi) is 12.9. The Morgan fingerprint density at radius 3 is 1.46 bits per heavy atom. The minimum Gasteiger partial charge on any atom is -0.433 e. The quantitative estimate of drug-likeness (QED) is 0.0712. The second-order valence-electron chi connectivity index (χ2n) is 12.7. The molecule has 14 heteroatoms. The highest BCUT2D eigenvalue weighted by Gasteiger charge is 2.29. The lowest BCUT2D eigenvalue weighted by atomic mass is 10.0. The zero-order chi connectivity index (χ0) is 40.1. The molecule has 0 unspecified atom stereocenters. The van der Waals surface area contributed by atoms with Crippen molar-refractivity contribution in [1.29, 1.82) is 0 Å². The van der Waals surface area contributed by atoms with E-state index in [-0.39, 0.29) is 13.2 Å². The number of ether oxygens (including phenoxy) is 2. The highest BCUT2D eigenvalue weighted by Crippen LogP contribution is 2.37. The number of hydrogen-bond donors (Lipinski definition) is 2. The number of carbonyl (C=O) groups excluding carboxylic acids is 4. The van der Waals surface area contributed by atoms with E-state index >= 15 is 0 Å². The Bertz CT molecular complexity index is 2310. The van der Waals surface area contributed by atoms with Crippen LogP contribution >= 0.6 is 0 Å². The fraction of sp³-hybridized carbons (Fsp3) is 0.163. The number of hydrogen-bond acceptors (Lipinski definition) is 10. The summed E-state index contributed by atoms with van der Waals surface area (Å²) in [5.41, 5.74) is 18.6. The number of carbonyl (C=O) groups is 4. The summed E-state index contributed by atoms with van der Waals surface area (Å²) >= 11 is 0. The molecule has 2 heterocycles. The van der Waals surface area contributed by atoms with E-state index in [0.717, 1.165) is 29.5 Å². The van der Waals surface area contributed by atoms with Crippen LogP contribution in [0.5, 0.6) is 0 Å². The van der Waals surface area contributed by atoms with Crippen LogP contribution in [0.1, 0.15) is 47.6 Å². The van der Waals surface area contributed by atoms with Gasteiger partial charge in [-0.3, -0.25) is 19.5 Å². The molecule has 0 atom stereocenters. The zero-order valence-electron chi connectivity index (χ0n) is 31.1. The van der Waals surface area contributed by atoms with E-state index in [0.29, 0.717) is 58.1 Å². The van der Waals surface area contributed by atoms with Crippen molar-refractivity contribution >= 4 is 58.5 Å². The molecule has 2 aliphatic rings. The molecule has 4 N–H and O–H groups in total. The van der Waals surface area contributed by atoms with Crippen molar-refractivity contribution in [2.75, 3.05) is 16.4 Å². The van der Waals surface area contributed by atoms with Gasteiger partial charge in [0, 0.05) is 24.0 Å². The molecule has 0 saturated heterocycles. The number of nitrogens with zero attached hydrogens (tertiary/aromatic N) is 4. The molecule has 0 bridgehead atoms. The van der Waals surface area contributed by atoms with Crippen molar-refractivity contribution in [3.8, 4) is 0 Å². The molecule has 14 nitrogen and oxygen atoms in total. The Morgan fingerprint density at radius 2 is 0.982 bits per heavy atom. The fourth-order valence-corrected chi connectivity index (χ4v) is 6.28. The van der Waals surface area contributed by atoms with E-state index in [1.54, 1.807) is 30.3 Å². The molecule has 0 fully saturated rings.